The molecule has 0 spiro atoms. The van der Waals surface area contributed by atoms with E-state index in [0.29, 0.717) is 24.0 Å². The lowest BCUT2D eigenvalue weighted by atomic mass is 9.73. The Balaban J connectivity index is 2.09. The topological polar surface area (TPSA) is 121 Å². The maximum atomic E-state index is 12.1. The highest BCUT2D eigenvalue weighted by molar-refractivity contribution is 5.68. The van der Waals surface area contributed by atoms with Crippen molar-refractivity contribution in [3.8, 4) is 0 Å². The first-order valence-electron chi connectivity index (χ1n) is 11.9. The molecule has 0 aromatic rings. The van der Waals surface area contributed by atoms with E-state index in [0.717, 1.165) is 5.57 Å². The number of carbonyl (C=O) groups is 3. The minimum atomic E-state index is -0.973. The Morgan fingerprint density at radius 2 is 1.80 bits per heavy atom. The molecule has 1 N–H and O–H groups in total. The summed E-state index contributed by atoms with van der Waals surface area (Å²) in [4.78, 5) is 35.9. The van der Waals surface area contributed by atoms with Gasteiger partial charge in [-0.1, -0.05) is 17.7 Å². The van der Waals surface area contributed by atoms with E-state index in [9.17, 15) is 19.5 Å². The SMILES string of the molecule is C=C1CC(O)C2OC2(C)CCC2C(C(OC(C)=O)C(C=C(C)C)OC(C)=O)=COC(OC(C)=O)C12. The molecule has 3 aliphatic rings. The van der Waals surface area contributed by atoms with E-state index in [1.54, 1.807) is 6.08 Å². The molecule has 1 aliphatic carbocycles. The molecule has 8 atom stereocenters. The Kier molecular flexibility index (Phi) is 8.11. The number of allylic oxidation sites excluding steroid dienone is 1. The van der Waals surface area contributed by atoms with Crippen LogP contribution in [-0.2, 0) is 38.1 Å². The summed E-state index contributed by atoms with van der Waals surface area (Å²) in [7, 11) is 0. The van der Waals surface area contributed by atoms with Crippen LogP contribution < -0.4 is 0 Å². The smallest absolute Gasteiger partial charge is 0.305 e. The van der Waals surface area contributed by atoms with Crippen molar-refractivity contribution < 1.29 is 43.2 Å². The van der Waals surface area contributed by atoms with E-state index in [2.05, 4.69) is 6.58 Å². The molecular weight excluding hydrogens is 456 g/mol. The minimum absolute atomic E-state index is 0.232. The van der Waals surface area contributed by atoms with E-state index in [-0.39, 0.29) is 18.4 Å². The molecule has 8 unspecified atom stereocenters. The lowest BCUT2D eigenvalue weighted by Gasteiger charge is -2.41. The second kappa shape index (κ2) is 10.5. The fourth-order valence-corrected chi connectivity index (χ4v) is 5.18. The second-order valence-corrected chi connectivity index (χ2v) is 10.0. The van der Waals surface area contributed by atoms with Gasteiger partial charge in [0.15, 0.2) is 12.2 Å². The molecule has 3 rings (SSSR count). The number of aliphatic hydroxyl groups is 1. The predicted molar refractivity (Wildman–Crippen MR) is 125 cm³/mol. The molecule has 0 radical (unpaired) electrons. The van der Waals surface area contributed by atoms with Crippen molar-refractivity contribution in [1.29, 1.82) is 0 Å². The minimum Gasteiger partial charge on any atom is -0.462 e. The zero-order chi connectivity index (χ0) is 26.1. The van der Waals surface area contributed by atoms with E-state index < -0.39 is 54.0 Å². The van der Waals surface area contributed by atoms with Crippen LogP contribution in [0.15, 0.2) is 35.6 Å². The summed E-state index contributed by atoms with van der Waals surface area (Å²) in [6.07, 6.45) is 0.633. The third-order valence-corrected chi connectivity index (χ3v) is 6.68. The van der Waals surface area contributed by atoms with Crippen molar-refractivity contribution in [3.05, 3.63) is 35.6 Å². The van der Waals surface area contributed by atoms with Gasteiger partial charge in [0.05, 0.1) is 23.9 Å². The van der Waals surface area contributed by atoms with E-state index >= 15 is 0 Å². The molecule has 0 aromatic carbocycles. The van der Waals surface area contributed by atoms with Crippen molar-refractivity contribution in [3.63, 3.8) is 0 Å². The largest absolute Gasteiger partial charge is 0.462 e. The molecule has 0 amide bonds. The third-order valence-electron chi connectivity index (χ3n) is 6.68. The molecule has 1 saturated carbocycles. The molecule has 9 nitrogen and oxygen atoms in total. The van der Waals surface area contributed by atoms with Crippen molar-refractivity contribution in [2.75, 3.05) is 0 Å². The molecule has 2 fully saturated rings. The van der Waals surface area contributed by atoms with Crippen LogP contribution in [0.25, 0.3) is 0 Å². The first-order valence-corrected chi connectivity index (χ1v) is 11.9. The first kappa shape index (κ1) is 26.9. The van der Waals surface area contributed by atoms with Crippen molar-refractivity contribution in [1.82, 2.24) is 0 Å². The first-order chi connectivity index (χ1) is 16.3. The van der Waals surface area contributed by atoms with Gasteiger partial charge >= 0.3 is 17.9 Å². The highest BCUT2D eigenvalue weighted by atomic mass is 16.7. The van der Waals surface area contributed by atoms with Gasteiger partial charge in [0.2, 0.25) is 6.29 Å². The maximum Gasteiger partial charge on any atom is 0.305 e. The summed E-state index contributed by atoms with van der Waals surface area (Å²) in [5.41, 5.74) is 1.58. The van der Waals surface area contributed by atoms with Crippen LogP contribution in [0.3, 0.4) is 0 Å². The third kappa shape index (κ3) is 6.32. The van der Waals surface area contributed by atoms with Crippen LogP contribution in [0, 0.1) is 11.8 Å². The number of ether oxygens (including phenoxy) is 5. The van der Waals surface area contributed by atoms with Gasteiger partial charge in [-0.05, 0) is 46.1 Å². The van der Waals surface area contributed by atoms with Crippen LogP contribution in [0.5, 0.6) is 0 Å². The Hall–Kier alpha value is -2.65. The number of carbonyl (C=O) groups excluding carboxylic acids is 3. The average Bonchev–Trinajstić information content (AvgIpc) is 3.39. The van der Waals surface area contributed by atoms with Gasteiger partial charge in [-0.3, -0.25) is 14.4 Å². The highest BCUT2D eigenvalue weighted by Gasteiger charge is 2.58. The molecule has 0 bridgehead atoms. The zero-order valence-electron chi connectivity index (χ0n) is 21.2. The number of hydrogen-bond acceptors (Lipinski definition) is 9. The van der Waals surface area contributed by atoms with Gasteiger partial charge < -0.3 is 28.8 Å². The summed E-state index contributed by atoms with van der Waals surface area (Å²) in [6.45, 7) is 13.7. The predicted octanol–water partition coefficient (Wildman–Crippen LogP) is 3.11. The maximum absolute atomic E-state index is 12.1. The van der Waals surface area contributed by atoms with Crippen molar-refractivity contribution in [2.45, 2.75) is 97.1 Å². The molecule has 0 aromatic heterocycles. The van der Waals surface area contributed by atoms with Gasteiger partial charge in [-0.15, -0.1) is 0 Å². The summed E-state index contributed by atoms with van der Waals surface area (Å²) >= 11 is 0. The fraction of sp³-hybridized carbons (Fsp3) is 0.654. The normalized spacial score (nSPS) is 33.5. The Morgan fingerprint density at radius 1 is 1.14 bits per heavy atom. The summed E-state index contributed by atoms with van der Waals surface area (Å²) in [5, 5.41) is 10.7. The van der Waals surface area contributed by atoms with E-state index in [1.807, 2.05) is 20.8 Å². The lowest BCUT2D eigenvalue weighted by molar-refractivity contribution is -0.183. The molecule has 9 heteroatoms. The number of fused-ring (bicyclic) bond motifs is 2. The van der Waals surface area contributed by atoms with Gasteiger partial charge in [-0.25, -0.2) is 0 Å². The van der Waals surface area contributed by atoms with Gasteiger partial charge in [0.1, 0.15) is 6.10 Å². The molecule has 35 heavy (non-hydrogen) atoms. The van der Waals surface area contributed by atoms with E-state index in [4.69, 9.17) is 23.7 Å². The summed E-state index contributed by atoms with van der Waals surface area (Å²) in [5.74, 6) is -2.46. The van der Waals surface area contributed by atoms with E-state index in [1.165, 1.54) is 27.0 Å². The number of aliphatic hydroxyl groups excluding tert-OH is 1. The number of rotatable bonds is 6. The fourth-order valence-electron chi connectivity index (χ4n) is 5.18. The average molecular weight is 493 g/mol. The van der Waals surface area contributed by atoms with Crippen LogP contribution in [-0.4, -0.2) is 59.3 Å². The molecule has 194 valence electrons. The van der Waals surface area contributed by atoms with Gasteiger partial charge in [0, 0.05) is 32.3 Å². The molecule has 2 aliphatic heterocycles. The second-order valence-electron chi connectivity index (χ2n) is 10.0. The highest BCUT2D eigenvalue weighted by Crippen LogP contribution is 2.51. The van der Waals surface area contributed by atoms with Crippen LogP contribution in [0.2, 0.25) is 0 Å². The Bertz CT molecular complexity index is 931. The summed E-state index contributed by atoms with van der Waals surface area (Å²) < 4.78 is 28.5. The van der Waals surface area contributed by atoms with Gasteiger partial charge in [0.25, 0.3) is 0 Å². The van der Waals surface area contributed by atoms with Crippen LogP contribution >= 0.6 is 0 Å². The lowest BCUT2D eigenvalue weighted by Crippen LogP contribution is -2.45. The zero-order valence-corrected chi connectivity index (χ0v) is 21.2. The number of hydrogen-bond donors (Lipinski definition) is 1. The number of epoxide rings is 1. The standard InChI is InChI=1S/C26H36O9/c1-13(2)10-21(32-15(4)27)23(33-16(5)28)19-12-31-25(34-17(6)29)22-14(3)11-20(30)24-26(7,35-24)9-8-18(19)22/h10,12,18,20-25,30H,3,8-9,11H2,1-2,4-7H3. The Labute approximate surface area is 206 Å². The van der Waals surface area contributed by atoms with Gasteiger partial charge in [-0.2, -0.15) is 0 Å². The monoisotopic (exact) mass is 492 g/mol. The molecule has 1 saturated heterocycles. The Morgan fingerprint density at radius 3 is 2.37 bits per heavy atom. The van der Waals surface area contributed by atoms with Crippen molar-refractivity contribution >= 4 is 17.9 Å². The van der Waals surface area contributed by atoms with Crippen LogP contribution in [0.4, 0.5) is 0 Å². The molecular formula is C26H36O9. The summed E-state index contributed by atoms with van der Waals surface area (Å²) in [6, 6.07) is 0. The van der Waals surface area contributed by atoms with Crippen molar-refractivity contribution in [2.24, 2.45) is 11.8 Å². The molecule has 2 heterocycles. The quantitative estimate of drug-likeness (QED) is 0.258. The number of esters is 3. The van der Waals surface area contributed by atoms with Crippen LogP contribution in [0.1, 0.15) is 60.8 Å².